The molecule has 0 aliphatic heterocycles. The van der Waals surface area contributed by atoms with Gasteiger partial charge < -0.3 is 10.1 Å². The van der Waals surface area contributed by atoms with E-state index in [-0.39, 0.29) is 10.8 Å². The average molecular weight is 444 g/mol. The number of hydrogen-bond donors (Lipinski definition) is 2. The van der Waals surface area contributed by atoms with Crippen molar-refractivity contribution in [3.63, 3.8) is 0 Å². The number of aromatic nitrogens is 1. The number of hydrogen-bond acceptors (Lipinski definition) is 5. The number of carbonyl (C=O) groups is 1. The third-order valence-corrected chi connectivity index (χ3v) is 6.72. The molecule has 1 aliphatic rings. The number of anilines is 1. The van der Waals surface area contributed by atoms with Gasteiger partial charge in [-0.05, 0) is 54.7 Å². The van der Waals surface area contributed by atoms with Crippen LogP contribution >= 0.6 is 0 Å². The van der Waals surface area contributed by atoms with E-state index in [4.69, 9.17) is 4.74 Å². The molecule has 7 nitrogen and oxygen atoms in total. The maximum atomic E-state index is 12.4. The van der Waals surface area contributed by atoms with Crippen LogP contribution in [0.25, 0.3) is 6.08 Å². The Morgan fingerprint density at radius 3 is 2.61 bits per heavy atom. The van der Waals surface area contributed by atoms with E-state index in [1.54, 1.807) is 43.5 Å². The van der Waals surface area contributed by atoms with Crippen LogP contribution in [-0.4, -0.2) is 32.5 Å². The van der Waals surface area contributed by atoms with Crippen LogP contribution in [0.1, 0.15) is 44.6 Å². The SMILES string of the molecule is CCNS(=O)(=O)c1ccc(/C=C/C(=O)Nc2ncccc2OCC2CCCCC2)cc1. The minimum absolute atomic E-state index is 0.184. The van der Waals surface area contributed by atoms with Gasteiger partial charge in [-0.3, -0.25) is 4.79 Å². The fourth-order valence-electron chi connectivity index (χ4n) is 3.52. The summed E-state index contributed by atoms with van der Waals surface area (Å²) in [5, 5.41) is 2.75. The van der Waals surface area contributed by atoms with Crippen LogP contribution < -0.4 is 14.8 Å². The summed E-state index contributed by atoms with van der Waals surface area (Å²) >= 11 is 0. The van der Waals surface area contributed by atoms with Crippen molar-refractivity contribution in [2.75, 3.05) is 18.5 Å². The molecule has 0 atom stereocenters. The summed E-state index contributed by atoms with van der Waals surface area (Å²) in [5.41, 5.74) is 0.709. The number of nitrogens with zero attached hydrogens (tertiary/aromatic N) is 1. The van der Waals surface area contributed by atoms with E-state index in [1.807, 2.05) is 0 Å². The number of pyridine rings is 1. The van der Waals surface area contributed by atoms with Crippen molar-refractivity contribution in [3.05, 3.63) is 54.2 Å². The quantitative estimate of drug-likeness (QED) is 0.571. The normalized spacial score (nSPS) is 15.1. The number of nitrogens with one attached hydrogen (secondary N) is 2. The van der Waals surface area contributed by atoms with Gasteiger partial charge in [0.05, 0.1) is 11.5 Å². The Morgan fingerprint density at radius 2 is 1.90 bits per heavy atom. The molecule has 1 amide bonds. The molecule has 3 rings (SSSR count). The number of carbonyl (C=O) groups excluding carboxylic acids is 1. The van der Waals surface area contributed by atoms with E-state index in [9.17, 15) is 13.2 Å². The van der Waals surface area contributed by atoms with Crippen LogP contribution in [-0.2, 0) is 14.8 Å². The molecule has 8 heteroatoms. The predicted molar refractivity (Wildman–Crippen MR) is 121 cm³/mol. The fraction of sp³-hybridized carbons (Fsp3) is 0.391. The summed E-state index contributed by atoms with van der Waals surface area (Å²) in [5.74, 6) is 1.16. The van der Waals surface area contributed by atoms with Crippen LogP contribution in [0.15, 0.2) is 53.6 Å². The molecule has 1 heterocycles. The summed E-state index contributed by atoms with van der Waals surface area (Å²) in [4.78, 5) is 16.8. The zero-order chi connectivity index (χ0) is 22.1. The van der Waals surface area contributed by atoms with Crippen LogP contribution in [0.3, 0.4) is 0 Å². The van der Waals surface area contributed by atoms with Crippen molar-refractivity contribution in [1.29, 1.82) is 0 Å². The topological polar surface area (TPSA) is 97.4 Å². The van der Waals surface area contributed by atoms with Gasteiger partial charge in [0.1, 0.15) is 0 Å². The minimum Gasteiger partial charge on any atom is -0.489 e. The van der Waals surface area contributed by atoms with E-state index in [2.05, 4.69) is 15.0 Å². The van der Waals surface area contributed by atoms with Crippen LogP contribution in [0.4, 0.5) is 5.82 Å². The monoisotopic (exact) mass is 443 g/mol. The summed E-state index contributed by atoms with van der Waals surface area (Å²) in [6, 6.07) is 9.89. The van der Waals surface area contributed by atoms with Crippen molar-refractivity contribution in [1.82, 2.24) is 9.71 Å². The van der Waals surface area contributed by atoms with E-state index < -0.39 is 10.0 Å². The highest BCUT2D eigenvalue weighted by Gasteiger charge is 2.16. The average Bonchev–Trinajstić information content (AvgIpc) is 2.78. The molecule has 166 valence electrons. The van der Waals surface area contributed by atoms with Gasteiger partial charge in [-0.15, -0.1) is 0 Å². The second-order valence-corrected chi connectivity index (χ2v) is 9.33. The van der Waals surface area contributed by atoms with Gasteiger partial charge in [0.25, 0.3) is 0 Å². The Morgan fingerprint density at radius 1 is 1.16 bits per heavy atom. The first-order chi connectivity index (χ1) is 15.0. The van der Waals surface area contributed by atoms with Gasteiger partial charge in [-0.25, -0.2) is 18.1 Å². The van der Waals surface area contributed by atoms with Crippen molar-refractivity contribution >= 4 is 27.8 Å². The molecular formula is C23H29N3O4S. The van der Waals surface area contributed by atoms with E-state index in [0.717, 1.165) is 0 Å². The summed E-state index contributed by atoms with van der Waals surface area (Å²) in [6.07, 6.45) is 10.8. The van der Waals surface area contributed by atoms with Gasteiger partial charge >= 0.3 is 0 Å². The van der Waals surface area contributed by atoms with Gasteiger partial charge in [0.15, 0.2) is 11.6 Å². The number of sulfonamides is 1. The van der Waals surface area contributed by atoms with Gasteiger partial charge in [0, 0.05) is 18.8 Å². The van der Waals surface area contributed by atoms with Crippen molar-refractivity contribution in [2.24, 2.45) is 5.92 Å². The van der Waals surface area contributed by atoms with Crippen LogP contribution in [0.5, 0.6) is 5.75 Å². The highest BCUT2D eigenvalue weighted by molar-refractivity contribution is 7.89. The number of benzene rings is 1. The zero-order valence-electron chi connectivity index (χ0n) is 17.7. The first-order valence-corrected chi connectivity index (χ1v) is 12.1. The molecule has 2 N–H and O–H groups in total. The molecule has 2 aromatic rings. The number of ether oxygens (including phenoxy) is 1. The molecule has 1 aliphatic carbocycles. The summed E-state index contributed by atoms with van der Waals surface area (Å²) in [6.45, 7) is 2.68. The molecule has 0 radical (unpaired) electrons. The molecule has 0 unspecified atom stereocenters. The Labute approximate surface area is 184 Å². The number of amides is 1. The highest BCUT2D eigenvalue weighted by atomic mass is 32.2. The molecule has 0 spiro atoms. The highest BCUT2D eigenvalue weighted by Crippen LogP contribution is 2.27. The predicted octanol–water partition coefficient (Wildman–Crippen LogP) is 3.99. The van der Waals surface area contributed by atoms with Crippen LogP contribution in [0, 0.1) is 5.92 Å². The Bertz CT molecular complexity index is 998. The van der Waals surface area contributed by atoms with Crippen molar-refractivity contribution in [3.8, 4) is 5.75 Å². The Balaban J connectivity index is 1.58. The maximum Gasteiger partial charge on any atom is 0.249 e. The van der Waals surface area contributed by atoms with E-state index in [1.165, 1.54) is 50.3 Å². The van der Waals surface area contributed by atoms with Crippen molar-refractivity contribution < 1.29 is 17.9 Å². The second-order valence-electron chi connectivity index (χ2n) is 7.56. The Kier molecular flexibility index (Phi) is 8.20. The lowest BCUT2D eigenvalue weighted by Crippen LogP contribution is -2.22. The van der Waals surface area contributed by atoms with Gasteiger partial charge in [0.2, 0.25) is 15.9 Å². The lowest BCUT2D eigenvalue weighted by atomic mass is 9.90. The van der Waals surface area contributed by atoms with E-state index >= 15 is 0 Å². The second kappa shape index (κ2) is 11.1. The molecule has 1 fully saturated rings. The molecule has 0 saturated heterocycles. The molecule has 1 aromatic heterocycles. The van der Waals surface area contributed by atoms with Gasteiger partial charge in [-0.2, -0.15) is 0 Å². The van der Waals surface area contributed by atoms with Crippen LogP contribution in [0.2, 0.25) is 0 Å². The summed E-state index contributed by atoms with van der Waals surface area (Å²) < 4.78 is 32.4. The first-order valence-electron chi connectivity index (χ1n) is 10.6. The third-order valence-electron chi connectivity index (χ3n) is 5.16. The standard InChI is InChI=1S/C23H29N3O4S/c1-2-25-31(28,29)20-13-10-18(11-14-20)12-15-22(27)26-23-21(9-6-16-24-23)30-17-19-7-4-3-5-8-19/h6,9-16,19,25H,2-5,7-8,17H2,1H3,(H,24,26,27)/b15-12+. The van der Waals surface area contributed by atoms with Crippen molar-refractivity contribution in [2.45, 2.75) is 43.9 Å². The minimum atomic E-state index is -3.49. The smallest absolute Gasteiger partial charge is 0.249 e. The fourth-order valence-corrected chi connectivity index (χ4v) is 4.57. The first kappa shape index (κ1) is 23.0. The molecular weight excluding hydrogens is 414 g/mol. The zero-order valence-corrected chi connectivity index (χ0v) is 18.5. The third kappa shape index (κ3) is 6.90. The molecule has 0 bridgehead atoms. The summed E-state index contributed by atoms with van der Waals surface area (Å²) in [7, 11) is -3.49. The molecule has 1 saturated carbocycles. The van der Waals surface area contributed by atoms with Gasteiger partial charge in [-0.1, -0.05) is 38.3 Å². The molecule has 31 heavy (non-hydrogen) atoms. The lowest BCUT2D eigenvalue weighted by Gasteiger charge is -2.22. The largest absolute Gasteiger partial charge is 0.489 e. The lowest BCUT2D eigenvalue weighted by molar-refractivity contribution is -0.111. The van der Waals surface area contributed by atoms with E-state index in [0.29, 0.717) is 36.2 Å². The number of rotatable bonds is 9. The molecule has 1 aromatic carbocycles. The maximum absolute atomic E-state index is 12.4. The Hall–Kier alpha value is -2.71.